The highest BCUT2D eigenvalue weighted by Gasteiger charge is 2.31. The van der Waals surface area contributed by atoms with Gasteiger partial charge in [-0.15, -0.1) is 0 Å². The molecule has 2 heterocycles. The van der Waals surface area contributed by atoms with Gasteiger partial charge in [-0.2, -0.15) is 0 Å². The summed E-state index contributed by atoms with van der Waals surface area (Å²) in [5.74, 6) is -2.49. The number of amides is 1. The Kier molecular flexibility index (Phi) is 6.85. The topological polar surface area (TPSA) is 45.2 Å². The molecule has 4 rings (SSSR count). The number of halogens is 3. The van der Waals surface area contributed by atoms with Crippen molar-refractivity contribution in [3.05, 3.63) is 101 Å². The first-order valence-electron chi connectivity index (χ1n) is 10.6. The molecule has 32 heavy (non-hydrogen) atoms. The molecule has 1 saturated heterocycles. The Morgan fingerprint density at radius 3 is 2.69 bits per heavy atom. The standard InChI is InChI=1S/C25H24F3N3O/c26-20-7-3-5-18(14-20)25(32)30-24(23-8-1-2-11-29-23)19-6-4-12-31(16-19)15-17-9-10-21(27)22(28)13-17/h1-3,5,7-11,13-14,19,24H,4,6,12,15-16H2,(H,30,32)/t19-,24+/m0/s1. The second kappa shape index (κ2) is 9.96. The summed E-state index contributed by atoms with van der Waals surface area (Å²) < 4.78 is 40.5. The van der Waals surface area contributed by atoms with Crippen molar-refractivity contribution in [2.24, 2.45) is 5.92 Å². The number of likely N-dealkylation sites (tertiary alicyclic amines) is 1. The van der Waals surface area contributed by atoms with Crippen LogP contribution in [0.1, 0.15) is 40.5 Å². The van der Waals surface area contributed by atoms with Crippen LogP contribution in [0.5, 0.6) is 0 Å². The van der Waals surface area contributed by atoms with E-state index in [1.165, 1.54) is 24.3 Å². The predicted octanol–water partition coefficient (Wildman–Crippen LogP) is 4.88. The lowest BCUT2D eigenvalue weighted by Gasteiger charge is -2.37. The average molecular weight is 439 g/mol. The van der Waals surface area contributed by atoms with Crippen molar-refractivity contribution in [1.29, 1.82) is 0 Å². The van der Waals surface area contributed by atoms with E-state index < -0.39 is 17.5 Å². The molecule has 0 bridgehead atoms. The summed E-state index contributed by atoms with van der Waals surface area (Å²) in [6, 6.07) is 14.7. The van der Waals surface area contributed by atoms with Gasteiger partial charge in [0.05, 0.1) is 11.7 Å². The number of carbonyl (C=O) groups excluding carboxylic acids is 1. The first-order chi connectivity index (χ1) is 15.5. The first-order valence-corrected chi connectivity index (χ1v) is 10.6. The van der Waals surface area contributed by atoms with E-state index in [1.807, 2.05) is 18.2 Å². The largest absolute Gasteiger partial charge is 0.343 e. The first kappa shape index (κ1) is 22.0. The lowest BCUT2D eigenvalue weighted by Crippen LogP contribution is -2.43. The number of nitrogens with one attached hydrogen (secondary N) is 1. The van der Waals surface area contributed by atoms with Crippen molar-refractivity contribution in [1.82, 2.24) is 15.2 Å². The van der Waals surface area contributed by atoms with Crippen molar-refractivity contribution < 1.29 is 18.0 Å². The van der Waals surface area contributed by atoms with Gasteiger partial charge < -0.3 is 5.32 Å². The van der Waals surface area contributed by atoms with Crippen LogP contribution in [-0.4, -0.2) is 28.9 Å². The van der Waals surface area contributed by atoms with Crippen molar-refractivity contribution in [2.45, 2.75) is 25.4 Å². The van der Waals surface area contributed by atoms with E-state index in [1.54, 1.807) is 18.3 Å². The maximum absolute atomic E-state index is 13.6. The van der Waals surface area contributed by atoms with Crippen LogP contribution in [0.4, 0.5) is 13.2 Å². The maximum Gasteiger partial charge on any atom is 0.251 e. The zero-order valence-electron chi connectivity index (χ0n) is 17.5. The van der Waals surface area contributed by atoms with Gasteiger partial charge in [-0.25, -0.2) is 13.2 Å². The van der Waals surface area contributed by atoms with E-state index in [4.69, 9.17) is 0 Å². The average Bonchev–Trinajstić information content (AvgIpc) is 2.80. The molecular weight excluding hydrogens is 415 g/mol. The summed E-state index contributed by atoms with van der Waals surface area (Å²) in [5, 5.41) is 3.04. The quantitative estimate of drug-likeness (QED) is 0.595. The normalized spacial score (nSPS) is 17.7. The van der Waals surface area contributed by atoms with Crippen LogP contribution in [0.25, 0.3) is 0 Å². The number of nitrogens with zero attached hydrogens (tertiary/aromatic N) is 2. The van der Waals surface area contributed by atoms with Crippen molar-refractivity contribution in [3.8, 4) is 0 Å². The fraction of sp³-hybridized carbons (Fsp3) is 0.280. The number of benzene rings is 2. The minimum absolute atomic E-state index is 0.0569. The molecule has 1 aliphatic rings. The van der Waals surface area contributed by atoms with E-state index in [0.29, 0.717) is 18.7 Å². The molecule has 2 aromatic carbocycles. The van der Waals surface area contributed by atoms with Gasteiger partial charge in [0, 0.05) is 24.8 Å². The number of piperidine rings is 1. The van der Waals surface area contributed by atoms with Crippen LogP contribution in [0.15, 0.2) is 66.9 Å². The summed E-state index contributed by atoms with van der Waals surface area (Å²) >= 11 is 0. The minimum atomic E-state index is -0.861. The molecule has 0 aliphatic carbocycles. The van der Waals surface area contributed by atoms with Gasteiger partial charge in [0.25, 0.3) is 5.91 Å². The molecule has 1 fully saturated rings. The molecule has 1 N–H and O–H groups in total. The van der Waals surface area contributed by atoms with Gasteiger partial charge in [-0.05, 0) is 73.3 Å². The SMILES string of the molecule is O=C(N[C@@H](c1ccccn1)[C@H]1CCCN(Cc2ccc(F)c(F)c2)C1)c1cccc(F)c1. The highest BCUT2D eigenvalue weighted by atomic mass is 19.2. The van der Waals surface area contributed by atoms with Crippen LogP contribution >= 0.6 is 0 Å². The molecule has 1 amide bonds. The van der Waals surface area contributed by atoms with Crippen molar-refractivity contribution in [2.75, 3.05) is 13.1 Å². The number of aromatic nitrogens is 1. The van der Waals surface area contributed by atoms with E-state index in [0.717, 1.165) is 31.1 Å². The highest BCUT2D eigenvalue weighted by Crippen LogP contribution is 2.30. The van der Waals surface area contributed by atoms with Crippen LogP contribution < -0.4 is 5.32 Å². The molecule has 1 aromatic heterocycles. The van der Waals surface area contributed by atoms with Crippen LogP contribution in [0.2, 0.25) is 0 Å². The van der Waals surface area contributed by atoms with E-state index >= 15 is 0 Å². The van der Waals surface area contributed by atoms with Crippen molar-refractivity contribution in [3.63, 3.8) is 0 Å². The summed E-state index contributed by atoms with van der Waals surface area (Å²) in [4.78, 5) is 19.5. The second-order valence-corrected chi connectivity index (χ2v) is 8.10. The minimum Gasteiger partial charge on any atom is -0.343 e. The van der Waals surface area contributed by atoms with Gasteiger partial charge in [0.2, 0.25) is 0 Å². The number of carbonyl (C=O) groups is 1. The summed E-state index contributed by atoms with van der Waals surface area (Å²) in [5.41, 5.74) is 1.68. The van der Waals surface area contributed by atoms with E-state index in [2.05, 4.69) is 15.2 Å². The highest BCUT2D eigenvalue weighted by molar-refractivity contribution is 5.94. The second-order valence-electron chi connectivity index (χ2n) is 8.10. The number of hydrogen-bond acceptors (Lipinski definition) is 3. The number of rotatable bonds is 6. The molecule has 3 aromatic rings. The van der Waals surface area contributed by atoms with E-state index in [9.17, 15) is 18.0 Å². The Morgan fingerprint density at radius 1 is 1.06 bits per heavy atom. The van der Waals surface area contributed by atoms with Gasteiger partial charge in [0.1, 0.15) is 5.82 Å². The molecule has 2 atom stereocenters. The molecule has 0 spiro atoms. The smallest absolute Gasteiger partial charge is 0.251 e. The third kappa shape index (κ3) is 5.34. The molecule has 0 saturated carbocycles. The van der Waals surface area contributed by atoms with Gasteiger partial charge >= 0.3 is 0 Å². The summed E-state index contributed by atoms with van der Waals surface area (Å²) in [6.07, 6.45) is 3.45. The Bertz CT molecular complexity index is 1080. The fourth-order valence-electron chi connectivity index (χ4n) is 4.25. The molecule has 4 nitrogen and oxygen atoms in total. The molecule has 1 aliphatic heterocycles. The van der Waals surface area contributed by atoms with Crippen molar-refractivity contribution >= 4 is 5.91 Å². The Labute approximate surface area is 185 Å². The summed E-state index contributed by atoms with van der Waals surface area (Å²) in [7, 11) is 0. The van der Waals surface area contributed by atoms with Gasteiger partial charge in [-0.1, -0.05) is 18.2 Å². The number of hydrogen-bond donors (Lipinski definition) is 1. The Balaban J connectivity index is 1.52. The summed E-state index contributed by atoms with van der Waals surface area (Å²) in [6.45, 7) is 1.96. The molecular formula is C25H24F3N3O. The lowest BCUT2D eigenvalue weighted by molar-refractivity contribution is 0.0874. The van der Waals surface area contributed by atoms with Crippen LogP contribution in [0, 0.1) is 23.4 Å². The molecule has 166 valence electrons. The molecule has 0 unspecified atom stereocenters. The van der Waals surface area contributed by atoms with E-state index in [-0.39, 0.29) is 23.4 Å². The van der Waals surface area contributed by atoms with Gasteiger partial charge in [0.15, 0.2) is 11.6 Å². The zero-order valence-corrected chi connectivity index (χ0v) is 17.5. The van der Waals surface area contributed by atoms with Crippen LogP contribution in [-0.2, 0) is 6.54 Å². The predicted molar refractivity (Wildman–Crippen MR) is 115 cm³/mol. The zero-order chi connectivity index (χ0) is 22.5. The third-order valence-corrected chi connectivity index (χ3v) is 5.78. The fourth-order valence-corrected chi connectivity index (χ4v) is 4.25. The Hall–Kier alpha value is -3.19. The molecule has 7 heteroatoms. The van der Waals surface area contributed by atoms with Crippen LogP contribution in [0.3, 0.4) is 0 Å². The third-order valence-electron chi connectivity index (χ3n) is 5.78. The lowest BCUT2D eigenvalue weighted by atomic mass is 9.88. The van der Waals surface area contributed by atoms with Gasteiger partial charge in [-0.3, -0.25) is 14.7 Å². The maximum atomic E-state index is 13.6. The molecule has 0 radical (unpaired) electrons. The Morgan fingerprint density at radius 2 is 1.94 bits per heavy atom. The number of pyridine rings is 1. The monoisotopic (exact) mass is 439 g/mol.